The highest BCUT2D eigenvalue weighted by Crippen LogP contribution is 2.29. The average Bonchev–Trinajstić information content (AvgIpc) is 2.85. The van der Waals surface area contributed by atoms with Gasteiger partial charge in [0, 0.05) is 22.6 Å². The number of carbonyl (C=O) groups excluding carboxylic acids is 2. The van der Waals surface area contributed by atoms with Crippen molar-refractivity contribution in [3.63, 3.8) is 0 Å². The molecule has 1 unspecified atom stereocenters. The zero-order valence-corrected chi connectivity index (χ0v) is 12.9. The molecule has 0 saturated carbocycles. The number of amides is 1. The van der Waals surface area contributed by atoms with E-state index in [0.717, 1.165) is 24.8 Å². The van der Waals surface area contributed by atoms with Gasteiger partial charge < -0.3 is 15.0 Å². The van der Waals surface area contributed by atoms with Crippen molar-refractivity contribution in [1.82, 2.24) is 10.3 Å². The number of rotatable bonds is 2. The molecule has 0 radical (unpaired) electrons. The summed E-state index contributed by atoms with van der Waals surface area (Å²) in [7, 11) is 0. The van der Waals surface area contributed by atoms with Crippen molar-refractivity contribution in [2.24, 2.45) is 0 Å². The molecule has 1 aliphatic carbocycles. The summed E-state index contributed by atoms with van der Waals surface area (Å²) in [6.07, 6.45) is 2.44. The Morgan fingerprint density at radius 2 is 2.23 bits per heavy atom. The van der Waals surface area contributed by atoms with E-state index in [4.69, 9.17) is 4.74 Å². The quantitative estimate of drug-likeness (QED) is 0.658. The van der Waals surface area contributed by atoms with Gasteiger partial charge in [-0.15, -0.1) is 0 Å². The fourth-order valence-corrected chi connectivity index (χ4v) is 3.10. The number of benzene rings is 1. The van der Waals surface area contributed by atoms with Crippen molar-refractivity contribution in [2.75, 3.05) is 6.61 Å². The molecule has 2 N–H and O–H groups in total. The monoisotopic (exact) mass is 300 g/mol. The number of ether oxygens (including phenoxy) is 1. The lowest BCUT2D eigenvalue weighted by atomic mass is 9.91. The first-order valence-corrected chi connectivity index (χ1v) is 7.66. The van der Waals surface area contributed by atoms with Gasteiger partial charge in [0.25, 0.3) is 0 Å². The van der Waals surface area contributed by atoms with E-state index in [1.54, 1.807) is 6.92 Å². The van der Waals surface area contributed by atoms with E-state index in [-0.39, 0.29) is 12.6 Å². The van der Waals surface area contributed by atoms with Gasteiger partial charge in [-0.2, -0.15) is 0 Å². The third kappa shape index (κ3) is 2.71. The maximum atomic E-state index is 11.8. The Kier molecular flexibility index (Phi) is 3.88. The topological polar surface area (TPSA) is 71.2 Å². The van der Waals surface area contributed by atoms with Crippen LogP contribution in [-0.2, 0) is 27.2 Å². The minimum atomic E-state index is -0.803. The molecule has 3 rings (SSSR count). The number of carbonyl (C=O) groups is 2. The SMILES string of the molecule is CCOC(=O)C(=O)NC1CCc2[nH]c3ccc(C)cc3c2C1. The number of nitrogens with one attached hydrogen (secondary N) is 2. The molecule has 1 heterocycles. The number of aromatic amines is 1. The molecule has 5 heteroatoms. The second kappa shape index (κ2) is 5.83. The number of esters is 1. The molecule has 2 aromatic rings. The average molecular weight is 300 g/mol. The number of aryl methyl sites for hydroxylation is 2. The summed E-state index contributed by atoms with van der Waals surface area (Å²) in [5, 5.41) is 4.00. The summed E-state index contributed by atoms with van der Waals surface area (Å²) in [5.41, 5.74) is 4.83. The summed E-state index contributed by atoms with van der Waals surface area (Å²) in [4.78, 5) is 26.7. The van der Waals surface area contributed by atoms with Gasteiger partial charge in [0.05, 0.1) is 6.61 Å². The van der Waals surface area contributed by atoms with Crippen LogP contribution in [0.4, 0.5) is 0 Å². The largest absolute Gasteiger partial charge is 0.459 e. The van der Waals surface area contributed by atoms with Gasteiger partial charge >= 0.3 is 11.9 Å². The van der Waals surface area contributed by atoms with Crippen molar-refractivity contribution >= 4 is 22.8 Å². The van der Waals surface area contributed by atoms with E-state index in [2.05, 4.69) is 35.4 Å². The molecular formula is C17H20N2O3. The number of aromatic nitrogens is 1. The summed E-state index contributed by atoms with van der Waals surface area (Å²) < 4.78 is 4.73. The van der Waals surface area contributed by atoms with E-state index >= 15 is 0 Å². The number of hydrogen-bond donors (Lipinski definition) is 2. The van der Waals surface area contributed by atoms with Crippen molar-refractivity contribution in [1.29, 1.82) is 0 Å². The van der Waals surface area contributed by atoms with Crippen molar-refractivity contribution in [3.05, 3.63) is 35.0 Å². The van der Waals surface area contributed by atoms with Crippen LogP contribution in [0.3, 0.4) is 0 Å². The maximum Gasteiger partial charge on any atom is 0.396 e. The molecule has 0 aliphatic heterocycles. The number of H-pyrrole nitrogens is 1. The standard InChI is InChI=1S/C17H20N2O3/c1-3-22-17(21)16(20)18-11-5-7-15-13(9-11)12-8-10(2)4-6-14(12)19-15/h4,6,8,11,19H,3,5,7,9H2,1-2H3,(H,18,20). The molecule has 0 saturated heterocycles. The van der Waals surface area contributed by atoms with Crippen LogP contribution < -0.4 is 5.32 Å². The van der Waals surface area contributed by atoms with Gasteiger partial charge in [-0.25, -0.2) is 4.79 Å². The summed E-state index contributed by atoms with van der Waals surface area (Å²) in [6, 6.07) is 6.32. The lowest BCUT2D eigenvalue weighted by Gasteiger charge is -2.23. The van der Waals surface area contributed by atoms with Gasteiger partial charge in [-0.1, -0.05) is 11.6 Å². The molecule has 0 bridgehead atoms. The highest BCUT2D eigenvalue weighted by Gasteiger charge is 2.26. The Bertz CT molecular complexity index is 733. The first-order chi connectivity index (χ1) is 10.6. The molecular weight excluding hydrogens is 280 g/mol. The predicted molar refractivity (Wildman–Crippen MR) is 83.6 cm³/mol. The zero-order chi connectivity index (χ0) is 15.7. The van der Waals surface area contributed by atoms with Crippen LogP contribution in [0.1, 0.15) is 30.2 Å². The Morgan fingerprint density at radius 1 is 1.41 bits per heavy atom. The molecule has 1 atom stereocenters. The summed E-state index contributed by atoms with van der Waals surface area (Å²) in [6.45, 7) is 3.97. The third-order valence-corrected chi connectivity index (χ3v) is 4.14. The minimum absolute atomic E-state index is 0.0241. The Labute approximate surface area is 129 Å². The highest BCUT2D eigenvalue weighted by molar-refractivity contribution is 6.32. The van der Waals surface area contributed by atoms with Crippen molar-refractivity contribution < 1.29 is 14.3 Å². The van der Waals surface area contributed by atoms with Crippen LogP contribution in [0.5, 0.6) is 0 Å². The van der Waals surface area contributed by atoms with E-state index in [0.29, 0.717) is 0 Å². The fourth-order valence-electron chi connectivity index (χ4n) is 3.10. The van der Waals surface area contributed by atoms with Crippen LogP contribution in [0.15, 0.2) is 18.2 Å². The molecule has 1 amide bonds. The van der Waals surface area contributed by atoms with E-state index in [1.807, 2.05) is 0 Å². The van der Waals surface area contributed by atoms with Gasteiger partial charge in [0.15, 0.2) is 0 Å². The molecule has 5 nitrogen and oxygen atoms in total. The lowest BCUT2D eigenvalue weighted by Crippen LogP contribution is -2.42. The second-order valence-corrected chi connectivity index (χ2v) is 5.76. The van der Waals surface area contributed by atoms with Gasteiger partial charge in [-0.3, -0.25) is 4.79 Å². The third-order valence-electron chi connectivity index (χ3n) is 4.14. The Hall–Kier alpha value is -2.30. The normalized spacial score (nSPS) is 17.1. The zero-order valence-electron chi connectivity index (χ0n) is 12.9. The van der Waals surface area contributed by atoms with Gasteiger partial charge in [-0.05, 0) is 50.8 Å². The molecule has 1 aliphatic rings. The summed E-state index contributed by atoms with van der Waals surface area (Å²) >= 11 is 0. The smallest absolute Gasteiger partial charge is 0.396 e. The van der Waals surface area contributed by atoms with Crippen LogP contribution >= 0.6 is 0 Å². The number of fused-ring (bicyclic) bond motifs is 3. The Morgan fingerprint density at radius 3 is 3.00 bits per heavy atom. The van der Waals surface area contributed by atoms with Crippen LogP contribution in [0.2, 0.25) is 0 Å². The lowest BCUT2D eigenvalue weighted by molar-refractivity contribution is -0.154. The molecule has 0 spiro atoms. The van der Waals surface area contributed by atoms with E-state index < -0.39 is 11.9 Å². The maximum absolute atomic E-state index is 11.8. The van der Waals surface area contributed by atoms with E-state index in [1.165, 1.54) is 22.2 Å². The molecule has 22 heavy (non-hydrogen) atoms. The minimum Gasteiger partial charge on any atom is -0.459 e. The molecule has 0 fully saturated rings. The predicted octanol–water partition coefficient (Wildman–Crippen LogP) is 2.01. The molecule has 1 aromatic carbocycles. The van der Waals surface area contributed by atoms with Gasteiger partial charge in [0.1, 0.15) is 0 Å². The molecule has 1 aromatic heterocycles. The number of hydrogen-bond acceptors (Lipinski definition) is 3. The summed E-state index contributed by atoms with van der Waals surface area (Å²) in [5.74, 6) is -1.45. The van der Waals surface area contributed by atoms with Crippen molar-refractivity contribution in [2.45, 2.75) is 39.2 Å². The van der Waals surface area contributed by atoms with Crippen LogP contribution in [0.25, 0.3) is 10.9 Å². The first kappa shape index (κ1) is 14.6. The Balaban J connectivity index is 1.78. The molecule has 116 valence electrons. The van der Waals surface area contributed by atoms with Crippen molar-refractivity contribution in [3.8, 4) is 0 Å². The van der Waals surface area contributed by atoms with Crippen LogP contribution in [-0.4, -0.2) is 29.5 Å². The second-order valence-electron chi connectivity index (χ2n) is 5.76. The fraction of sp³-hybridized carbons (Fsp3) is 0.412. The van der Waals surface area contributed by atoms with Crippen LogP contribution in [0, 0.1) is 6.92 Å². The van der Waals surface area contributed by atoms with Gasteiger partial charge in [0.2, 0.25) is 0 Å². The highest BCUT2D eigenvalue weighted by atomic mass is 16.5. The first-order valence-electron chi connectivity index (χ1n) is 7.66. The van der Waals surface area contributed by atoms with E-state index in [9.17, 15) is 9.59 Å².